The molecule has 3 amide bonds. The highest BCUT2D eigenvalue weighted by Gasteiger charge is 2.04. The Bertz CT molecular complexity index is 452. The third-order valence-corrected chi connectivity index (χ3v) is 1.80. The van der Waals surface area contributed by atoms with Gasteiger partial charge in [0.25, 0.3) is 5.91 Å². The highest BCUT2D eigenvalue weighted by Crippen LogP contribution is 1.82. The van der Waals surface area contributed by atoms with E-state index in [1.165, 1.54) is 0 Å². The maximum Gasteiger partial charge on any atom is 0.328 e. The van der Waals surface area contributed by atoms with Gasteiger partial charge in [0.15, 0.2) is 0 Å². The Hall–Kier alpha value is -2.64. The van der Waals surface area contributed by atoms with Gasteiger partial charge in [-0.05, 0) is 6.07 Å². The average Bonchev–Trinajstić information content (AvgIpc) is 2.79. The molecule has 0 aliphatic carbocycles. The molecule has 0 bridgehead atoms. The Morgan fingerprint density at radius 1 is 1.33 bits per heavy atom. The Labute approximate surface area is 102 Å². The van der Waals surface area contributed by atoms with E-state index in [0.29, 0.717) is 19.2 Å². The lowest BCUT2D eigenvalue weighted by atomic mass is 10.5. The van der Waals surface area contributed by atoms with Crippen molar-refractivity contribution >= 4 is 17.9 Å². The van der Waals surface area contributed by atoms with Crippen molar-refractivity contribution in [3.63, 3.8) is 0 Å². The molecule has 1 aromatic heterocycles. The van der Waals surface area contributed by atoms with Gasteiger partial charge in [0, 0.05) is 31.1 Å². The van der Waals surface area contributed by atoms with Gasteiger partial charge in [-0.15, -0.1) is 0 Å². The van der Waals surface area contributed by atoms with Gasteiger partial charge in [-0.1, -0.05) is 0 Å². The molecule has 1 heterocycles. The van der Waals surface area contributed by atoms with Crippen LogP contribution in [0.4, 0.5) is 4.79 Å². The van der Waals surface area contributed by atoms with E-state index >= 15 is 0 Å². The molecule has 8 nitrogen and oxygen atoms in total. The van der Waals surface area contributed by atoms with E-state index in [2.05, 4.69) is 10.4 Å². The monoisotopic (exact) mass is 252 g/mol. The summed E-state index contributed by atoms with van der Waals surface area (Å²) in [4.78, 5) is 32.3. The second kappa shape index (κ2) is 6.84. The van der Waals surface area contributed by atoms with E-state index in [1.54, 1.807) is 23.1 Å². The van der Waals surface area contributed by atoms with Crippen molar-refractivity contribution in [1.29, 1.82) is 0 Å². The Balaban J connectivity index is 2.21. The SMILES string of the molecule is O=C(O)C=CC(=O)NC(=O)NCCn1cccn1. The summed E-state index contributed by atoms with van der Waals surface area (Å²) in [6, 6.07) is 1.06. The third kappa shape index (κ3) is 5.45. The van der Waals surface area contributed by atoms with Crippen molar-refractivity contribution in [2.75, 3.05) is 6.54 Å². The van der Waals surface area contributed by atoms with Crippen LogP contribution in [-0.2, 0) is 16.1 Å². The Morgan fingerprint density at radius 2 is 2.11 bits per heavy atom. The van der Waals surface area contributed by atoms with Crippen LogP contribution >= 0.6 is 0 Å². The summed E-state index contributed by atoms with van der Waals surface area (Å²) in [5.74, 6) is -2.06. The number of nitrogens with zero attached hydrogens (tertiary/aromatic N) is 2. The van der Waals surface area contributed by atoms with Gasteiger partial charge in [0.1, 0.15) is 0 Å². The van der Waals surface area contributed by atoms with Crippen LogP contribution in [0.3, 0.4) is 0 Å². The summed E-state index contributed by atoms with van der Waals surface area (Å²) in [5, 5.41) is 16.6. The molecule has 0 atom stereocenters. The standard InChI is InChI=1S/C10H12N4O4/c15-8(2-3-9(16)17)13-10(18)11-5-7-14-6-1-4-12-14/h1-4,6H,5,7H2,(H,16,17)(H2,11,13,15,18). The van der Waals surface area contributed by atoms with E-state index < -0.39 is 17.9 Å². The largest absolute Gasteiger partial charge is 0.478 e. The fourth-order valence-corrected chi connectivity index (χ4v) is 1.06. The quantitative estimate of drug-likeness (QED) is 0.602. The number of aliphatic carboxylic acids is 1. The first-order valence-corrected chi connectivity index (χ1v) is 5.05. The lowest BCUT2D eigenvalue weighted by molar-refractivity contribution is -0.131. The van der Waals surface area contributed by atoms with Gasteiger partial charge in [-0.3, -0.25) is 14.8 Å². The molecule has 1 rings (SSSR count). The molecule has 0 radical (unpaired) electrons. The molecule has 0 aliphatic heterocycles. The molecular formula is C10H12N4O4. The zero-order chi connectivity index (χ0) is 13.4. The molecule has 18 heavy (non-hydrogen) atoms. The molecule has 0 unspecified atom stereocenters. The van der Waals surface area contributed by atoms with Crippen LogP contribution in [0.1, 0.15) is 0 Å². The summed E-state index contributed by atoms with van der Waals surface area (Å²) >= 11 is 0. The van der Waals surface area contributed by atoms with Gasteiger partial charge in [0.2, 0.25) is 0 Å². The van der Waals surface area contributed by atoms with Crippen LogP contribution in [-0.4, -0.2) is 39.3 Å². The van der Waals surface area contributed by atoms with Crippen molar-refractivity contribution in [2.24, 2.45) is 0 Å². The topological polar surface area (TPSA) is 113 Å². The fraction of sp³-hybridized carbons (Fsp3) is 0.200. The fourth-order valence-electron chi connectivity index (χ4n) is 1.06. The van der Waals surface area contributed by atoms with Gasteiger partial charge in [-0.2, -0.15) is 5.10 Å². The lowest BCUT2D eigenvalue weighted by Crippen LogP contribution is -2.40. The summed E-state index contributed by atoms with van der Waals surface area (Å²) in [6.45, 7) is 0.767. The molecule has 0 aliphatic rings. The van der Waals surface area contributed by atoms with Crippen molar-refractivity contribution in [3.8, 4) is 0 Å². The van der Waals surface area contributed by atoms with E-state index in [9.17, 15) is 14.4 Å². The van der Waals surface area contributed by atoms with Gasteiger partial charge < -0.3 is 10.4 Å². The van der Waals surface area contributed by atoms with Crippen LogP contribution in [0.5, 0.6) is 0 Å². The van der Waals surface area contributed by atoms with Gasteiger partial charge in [-0.25, -0.2) is 9.59 Å². The number of nitrogens with one attached hydrogen (secondary N) is 2. The molecule has 8 heteroatoms. The second-order valence-electron chi connectivity index (χ2n) is 3.19. The van der Waals surface area contributed by atoms with Crippen LogP contribution in [0.25, 0.3) is 0 Å². The minimum absolute atomic E-state index is 0.295. The molecular weight excluding hydrogens is 240 g/mol. The van der Waals surface area contributed by atoms with Gasteiger partial charge in [0.05, 0.1) is 6.54 Å². The zero-order valence-corrected chi connectivity index (χ0v) is 9.37. The Kier molecular flexibility index (Phi) is 5.10. The van der Waals surface area contributed by atoms with Crippen LogP contribution in [0.2, 0.25) is 0 Å². The highest BCUT2D eigenvalue weighted by atomic mass is 16.4. The summed E-state index contributed by atoms with van der Waals surface area (Å²) in [6.07, 6.45) is 4.75. The molecule has 0 saturated carbocycles. The summed E-state index contributed by atoms with van der Waals surface area (Å²) < 4.78 is 1.62. The van der Waals surface area contributed by atoms with E-state index in [-0.39, 0.29) is 0 Å². The maximum absolute atomic E-state index is 11.2. The number of carboxylic acids is 1. The predicted molar refractivity (Wildman–Crippen MR) is 60.5 cm³/mol. The summed E-state index contributed by atoms with van der Waals surface area (Å²) in [7, 11) is 0. The molecule has 0 fully saturated rings. The third-order valence-electron chi connectivity index (χ3n) is 1.80. The number of hydrogen-bond donors (Lipinski definition) is 3. The number of rotatable bonds is 5. The average molecular weight is 252 g/mol. The Morgan fingerprint density at radius 3 is 2.72 bits per heavy atom. The first-order valence-electron chi connectivity index (χ1n) is 5.05. The number of carbonyl (C=O) groups excluding carboxylic acids is 2. The van der Waals surface area contributed by atoms with Crippen molar-refractivity contribution in [2.45, 2.75) is 6.54 Å². The molecule has 96 valence electrons. The minimum atomic E-state index is -1.26. The predicted octanol–water partition coefficient (Wildman–Crippen LogP) is -0.650. The molecule has 0 spiro atoms. The number of imide groups is 1. The number of amides is 3. The van der Waals surface area contributed by atoms with Crippen LogP contribution in [0.15, 0.2) is 30.6 Å². The van der Waals surface area contributed by atoms with E-state index in [4.69, 9.17) is 5.11 Å². The summed E-state index contributed by atoms with van der Waals surface area (Å²) in [5.41, 5.74) is 0. The molecule has 1 aromatic rings. The second-order valence-corrected chi connectivity index (χ2v) is 3.19. The van der Waals surface area contributed by atoms with Crippen molar-refractivity contribution in [3.05, 3.63) is 30.6 Å². The molecule has 3 N–H and O–H groups in total. The normalized spacial score (nSPS) is 10.2. The number of carboxylic acid groups (broad SMARTS) is 1. The first-order chi connectivity index (χ1) is 8.58. The van der Waals surface area contributed by atoms with Gasteiger partial charge >= 0.3 is 12.0 Å². The highest BCUT2D eigenvalue weighted by molar-refractivity contribution is 6.02. The van der Waals surface area contributed by atoms with Crippen molar-refractivity contribution in [1.82, 2.24) is 20.4 Å². The van der Waals surface area contributed by atoms with Crippen LogP contribution in [0, 0.1) is 0 Å². The molecule has 0 saturated heterocycles. The zero-order valence-electron chi connectivity index (χ0n) is 9.37. The number of aromatic nitrogens is 2. The number of carbonyl (C=O) groups is 3. The smallest absolute Gasteiger partial charge is 0.328 e. The lowest BCUT2D eigenvalue weighted by Gasteiger charge is -2.05. The number of urea groups is 1. The van der Waals surface area contributed by atoms with E-state index in [1.807, 2.05) is 5.32 Å². The van der Waals surface area contributed by atoms with E-state index in [0.717, 1.165) is 6.08 Å². The first kappa shape index (κ1) is 13.4. The van der Waals surface area contributed by atoms with Crippen molar-refractivity contribution < 1.29 is 19.5 Å². The minimum Gasteiger partial charge on any atom is -0.478 e. The maximum atomic E-state index is 11.2. The molecule has 0 aromatic carbocycles. The van der Waals surface area contributed by atoms with Crippen LogP contribution < -0.4 is 10.6 Å². The number of hydrogen-bond acceptors (Lipinski definition) is 4.